The molecule has 0 amide bonds. The van der Waals surface area contributed by atoms with Crippen LogP contribution >= 0.6 is 0 Å². The molecule has 23 heavy (non-hydrogen) atoms. The van der Waals surface area contributed by atoms with Crippen molar-refractivity contribution >= 4 is 0 Å². The maximum atomic E-state index is 4.61. The van der Waals surface area contributed by atoms with Crippen molar-refractivity contribution in [3.8, 4) is 0 Å². The molecule has 1 atom stereocenters. The van der Waals surface area contributed by atoms with Crippen molar-refractivity contribution in [1.82, 2.24) is 19.4 Å². The Morgan fingerprint density at radius 2 is 2.09 bits per heavy atom. The maximum Gasteiger partial charge on any atom is 0.122 e. The molecule has 2 aliphatic rings. The molecule has 130 valence electrons. The minimum atomic E-state index is 0.702. The van der Waals surface area contributed by atoms with Gasteiger partial charge >= 0.3 is 0 Å². The zero-order valence-electron chi connectivity index (χ0n) is 15.2. The third-order valence-electron chi connectivity index (χ3n) is 5.42. The van der Waals surface area contributed by atoms with Crippen LogP contribution in [0.2, 0.25) is 0 Å². The van der Waals surface area contributed by atoms with Gasteiger partial charge in [0.05, 0.1) is 6.54 Å². The Bertz CT molecular complexity index is 477. The van der Waals surface area contributed by atoms with Crippen LogP contribution in [-0.2, 0) is 13.1 Å². The van der Waals surface area contributed by atoms with Gasteiger partial charge in [0.2, 0.25) is 0 Å². The van der Waals surface area contributed by atoms with Crippen LogP contribution < -0.4 is 0 Å². The van der Waals surface area contributed by atoms with Gasteiger partial charge in [-0.05, 0) is 50.6 Å². The molecule has 1 aliphatic carbocycles. The Balaban J connectivity index is 1.64. The van der Waals surface area contributed by atoms with Crippen LogP contribution in [0.25, 0.3) is 0 Å². The number of nitrogens with zero attached hydrogens (tertiary/aromatic N) is 4. The Kier molecular flexibility index (Phi) is 5.76. The van der Waals surface area contributed by atoms with Crippen molar-refractivity contribution in [2.75, 3.05) is 26.2 Å². The highest BCUT2D eigenvalue weighted by Gasteiger charge is 2.32. The third-order valence-corrected chi connectivity index (χ3v) is 5.42. The van der Waals surface area contributed by atoms with Crippen molar-refractivity contribution in [2.45, 2.75) is 65.6 Å². The predicted octanol–water partition coefficient (Wildman–Crippen LogP) is 3.24. The van der Waals surface area contributed by atoms with Crippen LogP contribution in [0.15, 0.2) is 12.4 Å². The van der Waals surface area contributed by atoms with Crippen LogP contribution in [0.1, 0.15) is 52.3 Å². The van der Waals surface area contributed by atoms with E-state index in [4.69, 9.17) is 0 Å². The van der Waals surface area contributed by atoms with Crippen LogP contribution in [0.3, 0.4) is 0 Å². The summed E-state index contributed by atoms with van der Waals surface area (Å²) < 4.78 is 2.33. The first kappa shape index (κ1) is 17.0. The largest absolute Gasteiger partial charge is 0.334 e. The van der Waals surface area contributed by atoms with Gasteiger partial charge in [-0.3, -0.25) is 9.80 Å². The van der Waals surface area contributed by atoms with Crippen LogP contribution in [0, 0.1) is 11.8 Å². The molecule has 1 saturated carbocycles. The van der Waals surface area contributed by atoms with E-state index < -0.39 is 0 Å². The van der Waals surface area contributed by atoms with Crippen LogP contribution in [0.5, 0.6) is 0 Å². The lowest BCUT2D eigenvalue weighted by Gasteiger charge is -2.34. The Labute approximate surface area is 141 Å². The summed E-state index contributed by atoms with van der Waals surface area (Å²) in [5.74, 6) is 2.96. The summed E-state index contributed by atoms with van der Waals surface area (Å²) in [6, 6.07) is 0.702. The molecule has 0 spiro atoms. The van der Waals surface area contributed by atoms with Gasteiger partial charge < -0.3 is 4.57 Å². The molecule has 4 nitrogen and oxygen atoms in total. The average Bonchev–Trinajstić information content (AvgIpc) is 3.26. The van der Waals surface area contributed by atoms with E-state index in [0.717, 1.165) is 24.9 Å². The smallest absolute Gasteiger partial charge is 0.122 e. The number of aromatic nitrogens is 2. The minimum Gasteiger partial charge on any atom is -0.334 e. The lowest BCUT2D eigenvalue weighted by atomic mass is 10.0. The summed E-state index contributed by atoms with van der Waals surface area (Å²) >= 11 is 0. The van der Waals surface area contributed by atoms with Gasteiger partial charge in [-0.25, -0.2) is 4.98 Å². The second-order valence-corrected chi connectivity index (χ2v) is 7.88. The molecule has 1 aromatic heterocycles. The zero-order chi connectivity index (χ0) is 16.2. The Morgan fingerprint density at radius 3 is 2.78 bits per heavy atom. The van der Waals surface area contributed by atoms with Crippen LogP contribution in [-0.4, -0.2) is 51.6 Å². The summed E-state index contributed by atoms with van der Waals surface area (Å²) in [7, 11) is 0. The molecule has 2 fully saturated rings. The summed E-state index contributed by atoms with van der Waals surface area (Å²) in [6.45, 7) is 14.1. The van der Waals surface area contributed by atoms with Crippen molar-refractivity contribution in [1.29, 1.82) is 0 Å². The molecule has 0 unspecified atom stereocenters. The standard InChI is InChI=1S/C19H34N4/c1-4-9-22-12-8-20-19(22)15-21-10-5-11-23(13-17-6-7-17)18(14-21)16(2)3/h8,12,16-18H,4-7,9-11,13-15H2,1-3H3/t18-/m1/s1. The lowest BCUT2D eigenvalue weighted by molar-refractivity contribution is 0.130. The Hall–Kier alpha value is -0.870. The van der Waals surface area contributed by atoms with E-state index in [-0.39, 0.29) is 0 Å². The number of aryl methyl sites for hydroxylation is 1. The SMILES string of the molecule is CCCn1ccnc1CN1CCCN(CC2CC2)[C@@H](C(C)C)C1. The molecular weight excluding hydrogens is 284 g/mol. The number of imidazole rings is 1. The van der Waals surface area contributed by atoms with Gasteiger partial charge in [0.15, 0.2) is 0 Å². The van der Waals surface area contributed by atoms with Crippen LogP contribution in [0.4, 0.5) is 0 Å². The van der Waals surface area contributed by atoms with E-state index in [1.807, 2.05) is 6.20 Å². The number of hydrogen-bond donors (Lipinski definition) is 0. The number of rotatable bonds is 7. The van der Waals surface area contributed by atoms with Gasteiger partial charge in [-0.15, -0.1) is 0 Å². The third kappa shape index (κ3) is 4.57. The topological polar surface area (TPSA) is 24.3 Å². The molecule has 0 aromatic carbocycles. The second-order valence-electron chi connectivity index (χ2n) is 7.88. The van der Waals surface area contributed by atoms with E-state index in [9.17, 15) is 0 Å². The highest BCUT2D eigenvalue weighted by Crippen LogP contribution is 2.32. The molecule has 4 heteroatoms. The van der Waals surface area contributed by atoms with Gasteiger partial charge in [-0.1, -0.05) is 20.8 Å². The maximum absolute atomic E-state index is 4.61. The molecule has 0 bridgehead atoms. The molecule has 3 rings (SSSR count). The average molecular weight is 319 g/mol. The van der Waals surface area contributed by atoms with Crippen molar-refractivity contribution < 1.29 is 0 Å². The van der Waals surface area contributed by atoms with E-state index >= 15 is 0 Å². The summed E-state index contributed by atoms with van der Waals surface area (Å²) in [5.41, 5.74) is 0. The molecular formula is C19H34N4. The summed E-state index contributed by atoms with van der Waals surface area (Å²) in [5, 5.41) is 0. The second kappa shape index (κ2) is 7.80. The van der Waals surface area contributed by atoms with Gasteiger partial charge in [0, 0.05) is 38.1 Å². The molecule has 2 heterocycles. The first-order valence-corrected chi connectivity index (χ1v) is 9.63. The summed E-state index contributed by atoms with van der Waals surface area (Å²) in [4.78, 5) is 10.1. The van der Waals surface area contributed by atoms with Gasteiger partial charge in [-0.2, -0.15) is 0 Å². The van der Waals surface area contributed by atoms with Gasteiger partial charge in [0.25, 0.3) is 0 Å². The van der Waals surface area contributed by atoms with E-state index in [0.29, 0.717) is 6.04 Å². The Morgan fingerprint density at radius 1 is 1.26 bits per heavy atom. The monoisotopic (exact) mass is 318 g/mol. The highest BCUT2D eigenvalue weighted by molar-refractivity contribution is 4.94. The fourth-order valence-corrected chi connectivity index (χ4v) is 3.91. The molecule has 1 saturated heterocycles. The molecule has 1 aliphatic heterocycles. The molecule has 0 N–H and O–H groups in total. The predicted molar refractivity (Wildman–Crippen MR) is 95.3 cm³/mol. The summed E-state index contributed by atoms with van der Waals surface area (Å²) in [6.07, 6.45) is 9.48. The zero-order valence-corrected chi connectivity index (χ0v) is 15.2. The van der Waals surface area contributed by atoms with E-state index in [1.165, 1.54) is 57.7 Å². The number of hydrogen-bond acceptors (Lipinski definition) is 3. The first-order valence-electron chi connectivity index (χ1n) is 9.63. The van der Waals surface area contributed by atoms with Crippen molar-refractivity contribution in [3.63, 3.8) is 0 Å². The van der Waals surface area contributed by atoms with Crippen molar-refractivity contribution in [3.05, 3.63) is 18.2 Å². The molecule has 1 aromatic rings. The van der Waals surface area contributed by atoms with Crippen molar-refractivity contribution in [2.24, 2.45) is 11.8 Å². The minimum absolute atomic E-state index is 0.702. The first-order chi connectivity index (χ1) is 11.2. The lowest BCUT2D eigenvalue weighted by Crippen LogP contribution is -2.45. The van der Waals surface area contributed by atoms with E-state index in [1.54, 1.807) is 0 Å². The molecule has 0 radical (unpaired) electrons. The van der Waals surface area contributed by atoms with Gasteiger partial charge in [0.1, 0.15) is 5.82 Å². The fourth-order valence-electron chi connectivity index (χ4n) is 3.91. The fraction of sp³-hybridized carbons (Fsp3) is 0.842. The quantitative estimate of drug-likeness (QED) is 0.771. The highest BCUT2D eigenvalue weighted by atomic mass is 15.3. The normalized spacial score (nSPS) is 24.3. The van der Waals surface area contributed by atoms with E-state index in [2.05, 4.69) is 46.3 Å².